The molecule has 0 radical (unpaired) electrons. The standard InChI is InChI=1S/C19H27ClN2O/c1-4-22(5-2)12-6-11-21-14-17-9-10-19(23-17)16-8-7-15(3)18(20)13-16/h7-10,13,21H,4-6,11-12,14H2,1-3H3. The maximum absolute atomic E-state index is 6.18. The zero-order chi connectivity index (χ0) is 16.7. The van der Waals surface area contributed by atoms with E-state index in [1.807, 2.05) is 37.3 Å². The zero-order valence-corrected chi connectivity index (χ0v) is 15.1. The Hall–Kier alpha value is -1.29. The van der Waals surface area contributed by atoms with Crippen molar-refractivity contribution >= 4 is 11.6 Å². The molecule has 23 heavy (non-hydrogen) atoms. The van der Waals surface area contributed by atoms with Gasteiger partial charge in [-0.15, -0.1) is 0 Å². The molecule has 0 aliphatic heterocycles. The van der Waals surface area contributed by atoms with E-state index in [0.29, 0.717) is 0 Å². The van der Waals surface area contributed by atoms with Gasteiger partial charge in [0.2, 0.25) is 0 Å². The minimum atomic E-state index is 0.762. The molecule has 126 valence electrons. The van der Waals surface area contributed by atoms with Gasteiger partial charge in [0.1, 0.15) is 11.5 Å². The molecule has 0 saturated heterocycles. The number of nitrogens with one attached hydrogen (secondary N) is 1. The maximum atomic E-state index is 6.18. The van der Waals surface area contributed by atoms with Crippen LogP contribution in [-0.2, 0) is 6.54 Å². The van der Waals surface area contributed by atoms with Crippen LogP contribution in [-0.4, -0.2) is 31.1 Å². The molecule has 0 spiro atoms. The molecule has 0 unspecified atom stereocenters. The first-order valence-electron chi connectivity index (χ1n) is 8.42. The first-order valence-corrected chi connectivity index (χ1v) is 8.80. The van der Waals surface area contributed by atoms with E-state index in [4.69, 9.17) is 16.0 Å². The van der Waals surface area contributed by atoms with Gasteiger partial charge < -0.3 is 14.6 Å². The van der Waals surface area contributed by atoms with Crippen LogP contribution in [0, 0.1) is 6.92 Å². The summed E-state index contributed by atoms with van der Waals surface area (Å²) in [7, 11) is 0. The van der Waals surface area contributed by atoms with Crippen molar-refractivity contribution in [3.8, 4) is 11.3 Å². The molecule has 0 aliphatic carbocycles. The number of furan rings is 1. The Balaban J connectivity index is 1.80. The first-order chi connectivity index (χ1) is 11.1. The second kappa shape index (κ2) is 9.11. The summed E-state index contributed by atoms with van der Waals surface area (Å²) in [4.78, 5) is 2.44. The van der Waals surface area contributed by atoms with E-state index in [9.17, 15) is 0 Å². The average Bonchev–Trinajstić information content (AvgIpc) is 3.02. The van der Waals surface area contributed by atoms with Gasteiger partial charge in [-0.3, -0.25) is 0 Å². The highest BCUT2D eigenvalue weighted by Crippen LogP contribution is 2.26. The minimum Gasteiger partial charge on any atom is -0.460 e. The zero-order valence-electron chi connectivity index (χ0n) is 14.4. The molecule has 0 aliphatic rings. The number of hydrogen-bond donors (Lipinski definition) is 1. The van der Waals surface area contributed by atoms with E-state index in [1.165, 1.54) is 0 Å². The summed E-state index contributed by atoms with van der Waals surface area (Å²) < 4.78 is 5.90. The molecule has 4 heteroatoms. The Morgan fingerprint density at radius 3 is 2.61 bits per heavy atom. The number of benzene rings is 1. The molecule has 2 aromatic rings. The number of aryl methyl sites for hydroxylation is 1. The van der Waals surface area contributed by atoms with Gasteiger partial charge in [-0.2, -0.15) is 0 Å². The summed E-state index contributed by atoms with van der Waals surface area (Å²) in [6, 6.07) is 10.1. The minimum absolute atomic E-state index is 0.762. The van der Waals surface area contributed by atoms with Crippen LogP contribution in [0.3, 0.4) is 0 Å². The third kappa shape index (κ3) is 5.38. The number of hydrogen-bond acceptors (Lipinski definition) is 3. The fourth-order valence-corrected chi connectivity index (χ4v) is 2.73. The van der Waals surface area contributed by atoms with Crippen molar-refractivity contribution in [2.24, 2.45) is 0 Å². The average molecular weight is 335 g/mol. The van der Waals surface area contributed by atoms with E-state index >= 15 is 0 Å². The third-order valence-corrected chi connectivity index (χ3v) is 4.55. The summed E-state index contributed by atoms with van der Waals surface area (Å²) in [5, 5.41) is 4.22. The van der Waals surface area contributed by atoms with Crippen molar-refractivity contribution in [3.63, 3.8) is 0 Å². The molecule has 0 amide bonds. The highest BCUT2D eigenvalue weighted by Gasteiger charge is 2.06. The van der Waals surface area contributed by atoms with Crippen molar-refractivity contribution in [2.45, 2.75) is 33.7 Å². The van der Waals surface area contributed by atoms with Crippen molar-refractivity contribution in [1.82, 2.24) is 10.2 Å². The Kier molecular flexibility index (Phi) is 7.15. The molecule has 0 fully saturated rings. The highest BCUT2D eigenvalue weighted by atomic mass is 35.5. The van der Waals surface area contributed by atoms with Gasteiger partial charge in [0.15, 0.2) is 0 Å². The van der Waals surface area contributed by atoms with E-state index in [0.717, 1.165) is 66.8 Å². The second-order valence-corrected chi connectivity index (χ2v) is 6.19. The van der Waals surface area contributed by atoms with Gasteiger partial charge in [-0.25, -0.2) is 0 Å². The molecular weight excluding hydrogens is 308 g/mol. The van der Waals surface area contributed by atoms with Gasteiger partial charge in [0, 0.05) is 10.6 Å². The predicted octanol–water partition coefficient (Wildman–Crippen LogP) is 4.73. The lowest BCUT2D eigenvalue weighted by Gasteiger charge is -2.17. The largest absolute Gasteiger partial charge is 0.460 e. The molecular formula is C19H27ClN2O. The van der Waals surface area contributed by atoms with Crippen LogP contribution in [0.25, 0.3) is 11.3 Å². The van der Waals surface area contributed by atoms with Crippen molar-refractivity contribution < 1.29 is 4.42 Å². The molecule has 3 nitrogen and oxygen atoms in total. The molecule has 0 bridgehead atoms. The van der Waals surface area contributed by atoms with Gasteiger partial charge in [0.25, 0.3) is 0 Å². The Labute approximate surface area is 144 Å². The first kappa shape index (κ1) is 18.1. The molecule has 1 heterocycles. The van der Waals surface area contributed by atoms with Gasteiger partial charge >= 0.3 is 0 Å². The van der Waals surface area contributed by atoms with Gasteiger partial charge in [-0.05, 0) is 63.3 Å². The van der Waals surface area contributed by atoms with Crippen molar-refractivity contribution in [3.05, 3.63) is 46.7 Å². The maximum Gasteiger partial charge on any atom is 0.134 e. The smallest absolute Gasteiger partial charge is 0.134 e. The van der Waals surface area contributed by atoms with E-state index in [-0.39, 0.29) is 0 Å². The fraction of sp³-hybridized carbons (Fsp3) is 0.474. The normalized spacial score (nSPS) is 11.3. The summed E-state index contributed by atoms with van der Waals surface area (Å²) >= 11 is 6.18. The molecule has 1 N–H and O–H groups in total. The monoisotopic (exact) mass is 334 g/mol. The van der Waals surface area contributed by atoms with E-state index in [2.05, 4.69) is 24.1 Å². The van der Waals surface area contributed by atoms with Gasteiger partial charge in [-0.1, -0.05) is 37.6 Å². The van der Waals surface area contributed by atoms with Crippen LogP contribution in [0.15, 0.2) is 34.7 Å². The Morgan fingerprint density at radius 2 is 1.91 bits per heavy atom. The predicted molar refractivity (Wildman–Crippen MR) is 98.0 cm³/mol. The fourth-order valence-electron chi connectivity index (χ4n) is 2.55. The molecule has 1 aromatic carbocycles. The summed E-state index contributed by atoms with van der Waals surface area (Å²) in [6.45, 7) is 11.6. The van der Waals surface area contributed by atoms with Crippen LogP contribution in [0.4, 0.5) is 0 Å². The molecule has 0 saturated carbocycles. The third-order valence-electron chi connectivity index (χ3n) is 4.14. The van der Waals surface area contributed by atoms with Crippen molar-refractivity contribution in [2.75, 3.05) is 26.2 Å². The molecule has 2 rings (SSSR count). The van der Waals surface area contributed by atoms with Crippen LogP contribution in [0.5, 0.6) is 0 Å². The Morgan fingerprint density at radius 1 is 1.13 bits per heavy atom. The number of rotatable bonds is 9. The summed E-state index contributed by atoms with van der Waals surface area (Å²) in [5.74, 6) is 1.83. The van der Waals surface area contributed by atoms with Crippen LogP contribution in [0.1, 0.15) is 31.6 Å². The lowest BCUT2D eigenvalue weighted by molar-refractivity contribution is 0.297. The Bertz CT molecular complexity index is 605. The van der Waals surface area contributed by atoms with E-state index in [1.54, 1.807) is 0 Å². The number of halogens is 1. The van der Waals surface area contributed by atoms with Crippen molar-refractivity contribution in [1.29, 1.82) is 0 Å². The lowest BCUT2D eigenvalue weighted by Crippen LogP contribution is -2.27. The summed E-state index contributed by atoms with van der Waals surface area (Å²) in [5.41, 5.74) is 2.10. The SMILES string of the molecule is CCN(CC)CCCNCc1ccc(-c2ccc(C)c(Cl)c2)o1. The van der Waals surface area contributed by atoms with Crippen LogP contribution < -0.4 is 5.32 Å². The topological polar surface area (TPSA) is 28.4 Å². The summed E-state index contributed by atoms with van der Waals surface area (Å²) in [6.07, 6.45) is 1.16. The highest BCUT2D eigenvalue weighted by molar-refractivity contribution is 6.31. The van der Waals surface area contributed by atoms with Crippen LogP contribution >= 0.6 is 11.6 Å². The number of nitrogens with zero attached hydrogens (tertiary/aromatic N) is 1. The van der Waals surface area contributed by atoms with Gasteiger partial charge in [0.05, 0.1) is 6.54 Å². The second-order valence-electron chi connectivity index (χ2n) is 5.79. The lowest BCUT2D eigenvalue weighted by atomic mass is 10.1. The quantitative estimate of drug-likeness (QED) is 0.672. The van der Waals surface area contributed by atoms with Crippen LogP contribution in [0.2, 0.25) is 5.02 Å². The molecule has 0 atom stereocenters. The van der Waals surface area contributed by atoms with E-state index < -0.39 is 0 Å². The molecule has 1 aromatic heterocycles.